The number of fused-ring (bicyclic) bond motifs is 2. The van der Waals surface area contributed by atoms with E-state index in [0.29, 0.717) is 54.1 Å². The first kappa shape index (κ1) is 33.8. The van der Waals surface area contributed by atoms with Gasteiger partial charge in [0.25, 0.3) is 10.0 Å². The maximum Gasteiger partial charge on any atom is 0.410 e. The van der Waals surface area contributed by atoms with Crippen molar-refractivity contribution in [3.05, 3.63) is 132 Å². The lowest BCUT2D eigenvalue weighted by molar-refractivity contribution is 0.0223. The lowest BCUT2D eigenvalue weighted by Crippen LogP contribution is -2.39. The maximum absolute atomic E-state index is 14.1. The van der Waals surface area contributed by atoms with Gasteiger partial charge in [-0.15, -0.1) is 0 Å². The van der Waals surface area contributed by atoms with Gasteiger partial charge in [-0.1, -0.05) is 54.1 Å². The van der Waals surface area contributed by atoms with Gasteiger partial charge in [-0.2, -0.15) is 0 Å². The Balaban J connectivity index is 1.28. The summed E-state index contributed by atoms with van der Waals surface area (Å²) in [5.41, 5.74) is 5.83. The molecule has 0 atom stereocenters. The summed E-state index contributed by atoms with van der Waals surface area (Å²) in [4.78, 5) is 23.8. The summed E-state index contributed by atoms with van der Waals surface area (Å²) in [6, 6.07) is 26.3. The number of hydrogen-bond donors (Lipinski definition) is 1. The highest BCUT2D eigenvalue weighted by atomic mass is 32.2. The van der Waals surface area contributed by atoms with E-state index in [2.05, 4.69) is 15.3 Å². The molecule has 260 valence electrons. The van der Waals surface area contributed by atoms with Crippen LogP contribution in [0.3, 0.4) is 0 Å². The molecule has 0 aliphatic carbocycles. The van der Waals surface area contributed by atoms with E-state index in [1.807, 2.05) is 82.3 Å². The number of anilines is 1. The summed E-state index contributed by atoms with van der Waals surface area (Å²) in [5.74, 6) is 0.971. The lowest BCUT2D eigenvalue weighted by Gasteiger charge is -2.31. The Kier molecular flexibility index (Phi) is 8.99. The van der Waals surface area contributed by atoms with E-state index in [9.17, 15) is 13.2 Å². The number of hydrogen-bond acceptors (Lipinski definition) is 8. The van der Waals surface area contributed by atoms with E-state index in [0.717, 1.165) is 27.9 Å². The van der Waals surface area contributed by atoms with Crippen molar-refractivity contribution in [2.75, 3.05) is 11.9 Å². The van der Waals surface area contributed by atoms with Gasteiger partial charge in [0, 0.05) is 55.5 Å². The van der Waals surface area contributed by atoms with E-state index in [1.54, 1.807) is 60.0 Å². The normalized spacial score (nSPS) is 13.1. The summed E-state index contributed by atoms with van der Waals surface area (Å²) in [7, 11) is -4.04. The number of ether oxygens (including phenoxy) is 2. The predicted octanol–water partition coefficient (Wildman–Crippen LogP) is 8.34. The molecule has 1 aliphatic heterocycles. The standard InChI is InChI=1S/C40H39N5O5S/c1-27-10-14-34(15-11-27)51(47,48)45-26-35(30-20-32(24-41-23-30)43-22-28-8-6-5-7-9-28)37-36(16-18-42-38(37)45)49-33-13-12-29-17-19-44(25-31(29)21-33)39(46)50-40(2,3)4/h5-16,18,20-21,23-24,26,43H,17,19,22,25H2,1-4H3. The molecular weight excluding hydrogens is 663 g/mol. The monoisotopic (exact) mass is 701 g/mol. The molecule has 3 aromatic heterocycles. The zero-order valence-corrected chi connectivity index (χ0v) is 29.8. The smallest absolute Gasteiger partial charge is 0.410 e. The van der Waals surface area contributed by atoms with Gasteiger partial charge in [0.15, 0.2) is 5.65 Å². The molecule has 1 aliphatic rings. The number of aromatic nitrogens is 3. The van der Waals surface area contributed by atoms with Crippen LogP contribution in [-0.2, 0) is 34.3 Å². The Labute approximate surface area is 297 Å². The lowest BCUT2D eigenvalue weighted by atomic mass is 10.00. The fraction of sp³-hybridized carbons (Fsp3) is 0.225. The minimum atomic E-state index is -4.04. The van der Waals surface area contributed by atoms with Crippen molar-refractivity contribution < 1.29 is 22.7 Å². The van der Waals surface area contributed by atoms with Crippen molar-refractivity contribution in [2.24, 2.45) is 0 Å². The minimum Gasteiger partial charge on any atom is -0.457 e. The fourth-order valence-corrected chi connectivity index (χ4v) is 7.42. The second-order valence-corrected chi connectivity index (χ2v) is 15.5. The van der Waals surface area contributed by atoms with Gasteiger partial charge in [-0.25, -0.2) is 22.2 Å². The number of rotatable bonds is 8. The van der Waals surface area contributed by atoms with E-state index in [4.69, 9.17) is 9.47 Å². The van der Waals surface area contributed by atoms with Crippen LogP contribution in [0.25, 0.3) is 22.2 Å². The van der Waals surface area contributed by atoms with Crippen LogP contribution in [0.2, 0.25) is 0 Å². The molecular formula is C40H39N5O5S. The first-order chi connectivity index (χ1) is 24.4. The van der Waals surface area contributed by atoms with E-state index in [1.165, 1.54) is 3.97 Å². The number of carbonyl (C=O) groups excluding carboxylic acids is 1. The molecule has 1 N–H and O–H groups in total. The Morgan fingerprint density at radius 2 is 1.73 bits per heavy atom. The van der Waals surface area contributed by atoms with Gasteiger partial charge in [-0.05, 0) is 87.2 Å². The zero-order chi connectivity index (χ0) is 35.8. The number of aryl methyl sites for hydroxylation is 1. The van der Waals surface area contributed by atoms with E-state index < -0.39 is 15.6 Å². The number of nitrogens with one attached hydrogen (secondary N) is 1. The molecule has 1 amide bonds. The zero-order valence-electron chi connectivity index (χ0n) is 29.0. The Morgan fingerprint density at radius 1 is 0.941 bits per heavy atom. The van der Waals surface area contributed by atoms with Crippen molar-refractivity contribution in [1.29, 1.82) is 0 Å². The number of benzene rings is 3. The second kappa shape index (κ2) is 13.6. The summed E-state index contributed by atoms with van der Waals surface area (Å²) in [6.07, 6.45) is 6.90. The first-order valence-corrected chi connectivity index (χ1v) is 18.2. The van der Waals surface area contributed by atoms with E-state index >= 15 is 0 Å². The summed E-state index contributed by atoms with van der Waals surface area (Å²) in [6.45, 7) is 9.01. The van der Waals surface area contributed by atoms with Crippen LogP contribution in [0.4, 0.5) is 10.5 Å². The van der Waals surface area contributed by atoms with Crippen LogP contribution in [0, 0.1) is 6.92 Å². The van der Waals surface area contributed by atoms with Crippen LogP contribution in [0.5, 0.6) is 11.5 Å². The number of amides is 1. The summed E-state index contributed by atoms with van der Waals surface area (Å²) < 4.78 is 41.7. The van der Waals surface area contributed by atoms with Gasteiger partial charge < -0.3 is 19.7 Å². The van der Waals surface area contributed by atoms with Gasteiger partial charge in [0.1, 0.15) is 17.1 Å². The Morgan fingerprint density at radius 3 is 2.49 bits per heavy atom. The van der Waals surface area contributed by atoms with Crippen LogP contribution in [-0.4, -0.2) is 45.5 Å². The molecule has 11 heteroatoms. The number of pyridine rings is 2. The van der Waals surface area contributed by atoms with Crippen LogP contribution >= 0.6 is 0 Å². The molecule has 4 heterocycles. The van der Waals surface area contributed by atoms with Crippen molar-refractivity contribution in [3.63, 3.8) is 0 Å². The molecule has 0 radical (unpaired) electrons. The Hall–Kier alpha value is -5.68. The molecule has 51 heavy (non-hydrogen) atoms. The highest BCUT2D eigenvalue weighted by molar-refractivity contribution is 7.90. The second-order valence-electron chi connectivity index (χ2n) is 13.7. The van der Waals surface area contributed by atoms with Crippen molar-refractivity contribution in [2.45, 2.75) is 57.7 Å². The molecule has 0 bridgehead atoms. The van der Waals surface area contributed by atoms with Gasteiger partial charge in [-0.3, -0.25) is 4.98 Å². The molecule has 0 saturated carbocycles. The van der Waals surface area contributed by atoms with Gasteiger partial charge >= 0.3 is 6.09 Å². The third-order valence-corrected chi connectivity index (χ3v) is 10.3. The largest absolute Gasteiger partial charge is 0.457 e. The maximum atomic E-state index is 14.1. The SMILES string of the molecule is Cc1ccc(S(=O)(=O)n2cc(-c3cncc(NCc4ccccc4)c3)c3c(Oc4ccc5c(c4)CN(C(=O)OC(C)(C)C)CC5)ccnc32)cc1. The third kappa shape index (κ3) is 7.29. The molecule has 3 aromatic carbocycles. The Bertz CT molecular complexity index is 2330. The predicted molar refractivity (Wildman–Crippen MR) is 197 cm³/mol. The number of nitrogens with zero attached hydrogens (tertiary/aromatic N) is 4. The molecule has 0 spiro atoms. The number of carbonyl (C=O) groups is 1. The van der Waals surface area contributed by atoms with Gasteiger partial charge in [0.2, 0.25) is 0 Å². The molecule has 10 nitrogen and oxygen atoms in total. The summed E-state index contributed by atoms with van der Waals surface area (Å²) >= 11 is 0. The third-order valence-electron chi connectivity index (χ3n) is 8.65. The van der Waals surface area contributed by atoms with Crippen LogP contribution in [0.1, 0.15) is 43.0 Å². The van der Waals surface area contributed by atoms with Crippen molar-refractivity contribution >= 4 is 32.8 Å². The average molecular weight is 702 g/mol. The van der Waals surface area contributed by atoms with E-state index in [-0.39, 0.29) is 16.6 Å². The molecule has 7 rings (SSSR count). The van der Waals surface area contributed by atoms with Crippen molar-refractivity contribution in [1.82, 2.24) is 18.8 Å². The van der Waals surface area contributed by atoms with Crippen molar-refractivity contribution in [3.8, 4) is 22.6 Å². The molecule has 6 aromatic rings. The topological polar surface area (TPSA) is 116 Å². The van der Waals surface area contributed by atoms with Crippen LogP contribution < -0.4 is 10.1 Å². The van der Waals surface area contributed by atoms with Crippen LogP contribution in [0.15, 0.2) is 115 Å². The highest BCUT2D eigenvalue weighted by Gasteiger charge is 2.28. The first-order valence-electron chi connectivity index (χ1n) is 16.8. The highest BCUT2D eigenvalue weighted by Crippen LogP contribution is 2.40. The minimum absolute atomic E-state index is 0.144. The molecule has 0 unspecified atom stereocenters. The molecule has 0 saturated heterocycles. The average Bonchev–Trinajstić information content (AvgIpc) is 3.52. The van der Waals surface area contributed by atoms with Gasteiger partial charge in [0.05, 0.1) is 16.0 Å². The fourth-order valence-electron chi connectivity index (χ4n) is 6.10. The quantitative estimate of drug-likeness (QED) is 0.168. The summed E-state index contributed by atoms with van der Waals surface area (Å²) in [5, 5.41) is 3.94. The molecule has 0 fully saturated rings.